The van der Waals surface area contributed by atoms with Crippen LogP contribution in [0.25, 0.3) is 10.8 Å². The lowest BCUT2D eigenvalue weighted by Crippen LogP contribution is -2.18. The van der Waals surface area contributed by atoms with Crippen LogP contribution in [0.4, 0.5) is 0 Å². The molecule has 0 aliphatic heterocycles. The molecule has 3 aromatic rings. The molecule has 1 unspecified atom stereocenters. The fourth-order valence-corrected chi connectivity index (χ4v) is 2.78. The molecule has 2 heterocycles. The van der Waals surface area contributed by atoms with Crippen LogP contribution in [0.2, 0.25) is 0 Å². The summed E-state index contributed by atoms with van der Waals surface area (Å²) in [6.07, 6.45) is 5.83. The molecule has 2 aromatic heterocycles. The molecule has 3 rings (SSSR count). The van der Waals surface area contributed by atoms with E-state index in [1.165, 1.54) is 16.5 Å². The van der Waals surface area contributed by atoms with Crippen molar-refractivity contribution in [3.8, 4) is 0 Å². The Morgan fingerprint density at radius 1 is 1.20 bits per heavy atom. The number of benzene rings is 1. The highest BCUT2D eigenvalue weighted by atomic mass is 15.3. The van der Waals surface area contributed by atoms with Crippen molar-refractivity contribution in [2.24, 2.45) is 7.05 Å². The normalized spacial score (nSPS) is 12.8. The van der Waals surface area contributed by atoms with Gasteiger partial charge in [-0.3, -0.25) is 9.67 Å². The SMILES string of the molecule is CNC(c1cn(C)nc1C)c1cccc2cnccc12. The molecule has 102 valence electrons. The minimum Gasteiger partial charge on any atom is -0.309 e. The molecule has 4 heteroatoms. The van der Waals surface area contributed by atoms with Crippen LogP contribution in [0, 0.1) is 6.92 Å². The van der Waals surface area contributed by atoms with Gasteiger partial charge >= 0.3 is 0 Å². The molecule has 1 aromatic carbocycles. The number of pyridine rings is 1. The van der Waals surface area contributed by atoms with Crippen molar-refractivity contribution in [3.63, 3.8) is 0 Å². The molecular formula is C16H18N4. The maximum atomic E-state index is 4.45. The summed E-state index contributed by atoms with van der Waals surface area (Å²) in [6, 6.07) is 8.54. The zero-order chi connectivity index (χ0) is 14.1. The van der Waals surface area contributed by atoms with E-state index in [4.69, 9.17) is 0 Å². The Labute approximate surface area is 118 Å². The average molecular weight is 266 g/mol. The molecule has 4 nitrogen and oxygen atoms in total. The van der Waals surface area contributed by atoms with Crippen molar-refractivity contribution in [1.82, 2.24) is 20.1 Å². The summed E-state index contributed by atoms with van der Waals surface area (Å²) in [6.45, 7) is 2.05. The van der Waals surface area contributed by atoms with Crippen molar-refractivity contribution in [2.75, 3.05) is 7.05 Å². The summed E-state index contributed by atoms with van der Waals surface area (Å²) in [5, 5.41) is 10.2. The molecule has 0 aliphatic rings. The second-order valence-corrected chi connectivity index (χ2v) is 5.01. The molecule has 1 N–H and O–H groups in total. The standard InChI is InChI=1S/C16H18N4/c1-11-15(10-20(3)19-11)16(17-2)14-6-4-5-12-9-18-8-7-13(12)14/h4-10,16-17H,1-3H3. The lowest BCUT2D eigenvalue weighted by Gasteiger charge is -2.18. The van der Waals surface area contributed by atoms with Gasteiger partial charge in [0.1, 0.15) is 0 Å². The van der Waals surface area contributed by atoms with Crippen LogP contribution in [-0.4, -0.2) is 21.8 Å². The second-order valence-electron chi connectivity index (χ2n) is 5.01. The van der Waals surface area contributed by atoms with E-state index in [2.05, 4.69) is 45.9 Å². The Hall–Kier alpha value is -2.20. The molecule has 0 spiro atoms. The van der Waals surface area contributed by atoms with E-state index < -0.39 is 0 Å². The molecule has 0 fully saturated rings. The van der Waals surface area contributed by atoms with E-state index >= 15 is 0 Å². The van der Waals surface area contributed by atoms with E-state index in [-0.39, 0.29) is 6.04 Å². The Balaban J connectivity index is 2.19. The van der Waals surface area contributed by atoms with E-state index in [1.54, 1.807) is 0 Å². The number of hydrogen-bond acceptors (Lipinski definition) is 3. The summed E-state index contributed by atoms with van der Waals surface area (Å²) >= 11 is 0. The number of hydrogen-bond donors (Lipinski definition) is 1. The number of aromatic nitrogens is 3. The zero-order valence-corrected chi connectivity index (χ0v) is 12.0. The van der Waals surface area contributed by atoms with Crippen molar-refractivity contribution in [1.29, 1.82) is 0 Å². The molecule has 0 aliphatic carbocycles. The molecule has 0 radical (unpaired) electrons. The third-order valence-corrected chi connectivity index (χ3v) is 3.68. The van der Waals surface area contributed by atoms with Gasteiger partial charge in [-0.25, -0.2) is 0 Å². The number of nitrogens with one attached hydrogen (secondary N) is 1. The van der Waals surface area contributed by atoms with Crippen molar-refractivity contribution in [3.05, 3.63) is 59.7 Å². The highest BCUT2D eigenvalue weighted by Crippen LogP contribution is 2.29. The van der Waals surface area contributed by atoms with E-state index in [9.17, 15) is 0 Å². The summed E-state index contributed by atoms with van der Waals surface area (Å²) in [5.41, 5.74) is 3.51. The fraction of sp³-hybridized carbons (Fsp3) is 0.250. The fourth-order valence-electron chi connectivity index (χ4n) is 2.78. The lowest BCUT2D eigenvalue weighted by molar-refractivity contribution is 0.691. The van der Waals surface area contributed by atoms with Crippen molar-refractivity contribution < 1.29 is 0 Å². The highest BCUT2D eigenvalue weighted by molar-refractivity contribution is 5.85. The minimum absolute atomic E-state index is 0.134. The largest absolute Gasteiger partial charge is 0.309 e. The van der Waals surface area contributed by atoms with Crippen molar-refractivity contribution >= 4 is 10.8 Å². The first-order valence-corrected chi connectivity index (χ1v) is 6.70. The molecule has 1 atom stereocenters. The van der Waals surface area contributed by atoms with Crippen LogP contribution in [-0.2, 0) is 7.05 Å². The predicted octanol–water partition coefficient (Wildman–Crippen LogP) is 2.59. The van der Waals surface area contributed by atoms with Gasteiger partial charge in [-0.05, 0) is 31.0 Å². The highest BCUT2D eigenvalue weighted by Gasteiger charge is 2.18. The summed E-state index contributed by atoms with van der Waals surface area (Å²) in [4.78, 5) is 4.20. The van der Waals surface area contributed by atoms with Gasteiger partial charge in [0.2, 0.25) is 0 Å². The Morgan fingerprint density at radius 3 is 2.75 bits per heavy atom. The number of rotatable bonds is 3. The van der Waals surface area contributed by atoms with Crippen LogP contribution in [0.15, 0.2) is 42.9 Å². The van der Waals surface area contributed by atoms with Gasteiger partial charge in [-0.15, -0.1) is 0 Å². The van der Waals surface area contributed by atoms with E-state index in [1.807, 2.05) is 38.1 Å². The lowest BCUT2D eigenvalue weighted by atomic mass is 9.95. The number of fused-ring (bicyclic) bond motifs is 1. The first-order valence-electron chi connectivity index (χ1n) is 6.70. The van der Waals surface area contributed by atoms with Crippen LogP contribution in [0.5, 0.6) is 0 Å². The smallest absolute Gasteiger partial charge is 0.0644 e. The van der Waals surface area contributed by atoms with Crippen molar-refractivity contribution in [2.45, 2.75) is 13.0 Å². The first-order chi connectivity index (χ1) is 9.70. The molecule has 0 saturated heterocycles. The third-order valence-electron chi connectivity index (χ3n) is 3.68. The van der Waals surface area contributed by atoms with Gasteiger partial charge in [0.25, 0.3) is 0 Å². The zero-order valence-electron chi connectivity index (χ0n) is 12.0. The molecular weight excluding hydrogens is 248 g/mol. The van der Waals surface area contributed by atoms with E-state index in [0.717, 1.165) is 11.1 Å². The average Bonchev–Trinajstić information content (AvgIpc) is 2.79. The van der Waals surface area contributed by atoms with Gasteiger partial charge < -0.3 is 5.32 Å². The summed E-state index contributed by atoms with van der Waals surface area (Å²) in [5.74, 6) is 0. The summed E-state index contributed by atoms with van der Waals surface area (Å²) < 4.78 is 1.86. The summed E-state index contributed by atoms with van der Waals surface area (Å²) in [7, 11) is 3.94. The van der Waals surface area contributed by atoms with Gasteiger partial charge in [-0.1, -0.05) is 18.2 Å². The first kappa shape index (κ1) is 12.8. The van der Waals surface area contributed by atoms with Gasteiger partial charge in [0.05, 0.1) is 11.7 Å². The predicted molar refractivity (Wildman–Crippen MR) is 80.6 cm³/mol. The Bertz CT molecular complexity index is 740. The Morgan fingerprint density at radius 2 is 2.05 bits per heavy atom. The monoisotopic (exact) mass is 266 g/mol. The molecule has 20 heavy (non-hydrogen) atoms. The maximum Gasteiger partial charge on any atom is 0.0644 e. The van der Waals surface area contributed by atoms with Gasteiger partial charge in [0, 0.05) is 36.6 Å². The molecule has 0 bridgehead atoms. The van der Waals surface area contributed by atoms with Gasteiger partial charge in [0.15, 0.2) is 0 Å². The minimum atomic E-state index is 0.134. The van der Waals surface area contributed by atoms with Crippen LogP contribution in [0.3, 0.4) is 0 Å². The second kappa shape index (κ2) is 5.06. The Kier molecular flexibility index (Phi) is 3.24. The topological polar surface area (TPSA) is 42.7 Å². The molecule has 0 amide bonds. The quantitative estimate of drug-likeness (QED) is 0.792. The number of aryl methyl sites for hydroxylation is 2. The maximum absolute atomic E-state index is 4.45. The number of nitrogens with zero attached hydrogens (tertiary/aromatic N) is 3. The van der Waals surface area contributed by atoms with Crippen LogP contribution in [0.1, 0.15) is 22.9 Å². The van der Waals surface area contributed by atoms with Crippen LogP contribution < -0.4 is 5.32 Å². The van der Waals surface area contributed by atoms with Gasteiger partial charge in [-0.2, -0.15) is 5.10 Å². The van der Waals surface area contributed by atoms with Crippen LogP contribution >= 0.6 is 0 Å². The van der Waals surface area contributed by atoms with E-state index in [0.29, 0.717) is 0 Å². The third kappa shape index (κ3) is 2.08. The molecule has 0 saturated carbocycles.